The molecule has 2 aromatic rings. The summed E-state index contributed by atoms with van der Waals surface area (Å²) in [4.78, 5) is 12.3. The van der Waals surface area contributed by atoms with Crippen molar-refractivity contribution in [2.24, 2.45) is 0 Å². The third-order valence-electron chi connectivity index (χ3n) is 3.85. The lowest BCUT2D eigenvalue weighted by Gasteiger charge is -2.15. The highest BCUT2D eigenvalue weighted by molar-refractivity contribution is 6.45. The Kier molecular flexibility index (Phi) is 8.16. The van der Waals surface area contributed by atoms with E-state index in [9.17, 15) is 4.79 Å². The summed E-state index contributed by atoms with van der Waals surface area (Å²) in [5, 5.41) is 14.7. The molecule has 0 saturated carbocycles. The van der Waals surface area contributed by atoms with Gasteiger partial charge in [-0.3, -0.25) is 10.2 Å². The number of anilines is 1. The molecule has 25 heavy (non-hydrogen) atoms. The maximum atomic E-state index is 12.3. The molecule has 2 rings (SSSR count). The Balaban J connectivity index is 0.00000151. The number of halogens is 1. The first-order valence-electron chi connectivity index (χ1n) is 8.33. The summed E-state index contributed by atoms with van der Waals surface area (Å²) in [6.45, 7) is 8.34. The SMILES string of the molecule is CC.CNc1c(C(=N)C(=O)NCc2ccc(Cl)cc2)ccc(C)c1C. The maximum Gasteiger partial charge on any atom is 0.270 e. The van der Waals surface area contributed by atoms with Crippen LogP contribution in [0.5, 0.6) is 0 Å². The highest BCUT2D eigenvalue weighted by Gasteiger charge is 2.17. The van der Waals surface area contributed by atoms with Crippen molar-refractivity contribution >= 4 is 28.9 Å². The van der Waals surface area contributed by atoms with Crippen LogP contribution in [0.2, 0.25) is 5.02 Å². The van der Waals surface area contributed by atoms with Gasteiger partial charge in [0.2, 0.25) is 0 Å². The van der Waals surface area contributed by atoms with Gasteiger partial charge in [0.25, 0.3) is 5.91 Å². The van der Waals surface area contributed by atoms with Crippen molar-refractivity contribution in [1.82, 2.24) is 5.32 Å². The quantitative estimate of drug-likeness (QED) is 0.677. The Bertz CT molecular complexity index is 739. The summed E-state index contributed by atoms with van der Waals surface area (Å²) < 4.78 is 0. The molecule has 2 aromatic carbocycles. The van der Waals surface area contributed by atoms with Gasteiger partial charge in [-0.05, 0) is 42.7 Å². The number of hydrogen-bond donors (Lipinski definition) is 3. The van der Waals surface area contributed by atoms with Crippen molar-refractivity contribution in [2.45, 2.75) is 34.2 Å². The molecule has 0 spiro atoms. The predicted molar refractivity (Wildman–Crippen MR) is 107 cm³/mol. The molecular formula is C20H26ClN3O. The van der Waals surface area contributed by atoms with Gasteiger partial charge in [-0.15, -0.1) is 0 Å². The van der Waals surface area contributed by atoms with E-state index in [0.717, 1.165) is 22.4 Å². The van der Waals surface area contributed by atoms with Crippen LogP contribution in [0.3, 0.4) is 0 Å². The fourth-order valence-corrected chi connectivity index (χ4v) is 2.47. The maximum absolute atomic E-state index is 12.3. The molecule has 3 N–H and O–H groups in total. The van der Waals surface area contributed by atoms with E-state index in [4.69, 9.17) is 17.0 Å². The number of nitrogens with one attached hydrogen (secondary N) is 3. The third kappa shape index (κ3) is 5.33. The van der Waals surface area contributed by atoms with Crippen LogP contribution in [-0.2, 0) is 11.3 Å². The van der Waals surface area contributed by atoms with Gasteiger partial charge in [0.05, 0.1) is 0 Å². The molecule has 134 valence electrons. The Morgan fingerprint density at radius 2 is 1.68 bits per heavy atom. The number of rotatable bonds is 5. The van der Waals surface area contributed by atoms with Gasteiger partial charge in [0, 0.05) is 29.9 Å². The molecule has 0 bridgehead atoms. The molecule has 5 heteroatoms. The number of carbonyl (C=O) groups is 1. The number of carbonyl (C=O) groups excluding carboxylic acids is 1. The Hall–Kier alpha value is -2.33. The molecule has 0 atom stereocenters. The van der Waals surface area contributed by atoms with E-state index >= 15 is 0 Å². The second-order valence-electron chi connectivity index (χ2n) is 5.36. The van der Waals surface area contributed by atoms with Crippen LogP contribution in [0.25, 0.3) is 0 Å². The van der Waals surface area contributed by atoms with Crippen molar-refractivity contribution < 1.29 is 4.79 Å². The predicted octanol–water partition coefficient (Wildman–Crippen LogP) is 4.71. The third-order valence-corrected chi connectivity index (χ3v) is 4.10. The number of benzene rings is 2. The van der Waals surface area contributed by atoms with Crippen LogP contribution in [0.4, 0.5) is 5.69 Å². The monoisotopic (exact) mass is 359 g/mol. The van der Waals surface area contributed by atoms with E-state index < -0.39 is 5.91 Å². The minimum Gasteiger partial charge on any atom is -0.387 e. The second-order valence-corrected chi connectivity index (χ2v) is 5.80. The summed E-state index contributed by atoms with van der Waals surface area (Å²) in [6.07, 6.45) is 0. The van der Waals surface area contributed by atoms with Crippen LogP contribution in [0.15, 0.2) is 36.4 Å². The lowest BCUT2D eigenvalue weighted by Crippen LogP contribution is -2.31. The summed E-state index contributed by atoms with van der Waals surface area (Å²) in [6, 6.07) is 11.0. The second kappa shape index (κ2) is 9.84. The molecule has 0 unspecified atom stereocenters. The van der Waals surface area contributed by atoms with Crippen molar-refractivity contribution in [3.05, 3.63) is 63.7 Å². The smallest absolute Gasteiger partial charge is 0.270 e. The van der Waals surface area contributed by atoms with E-state index in [2.05, 4.69) is 10.6 Å². The summed E-state index contributed by atoms with van der Waals surface area (Å²) in [7, 11) is 1.80. The highest BCUT2D eigenvalue weighted by Crippen LogP contribution is 2.23. The molecule has 0 heterocycles. The molecule has 0 aliphatic carbocycles. The van der Waals surface area contributed by atoms with Gasteiger partial charge < -0.3 is 10.6 Å². The molecule has 1 amide bonds. The molecule has 0 aromatic heterocycles. The average molecular weight is 360 g/mol. The standard InChI is InChI=1S/C18H20ClN3O.C2H6/c1-11-4-9-15(17(21-3)12(11)2)16(20)18(23)22-10-13-5-7-14(19)8-6-13;1-2/h4-9,20-21H,10H2,1-3H3,(H,22,23);1-2H3. The van der Waals surface area contributed by atoms with Crippen LogP contribution in [-0.4, -0.2) is 18.7 Å². The van der Waals surface area contributed by atoms with E-state index in [0.29, 0.717) is 17.1 Å². The first kappa shape index (κ1) is 20.7. The fraction of sp³-hybridized carbons (Fsp3) is 0.300. The van der Waals surface area contributed by atoms with Gasteiger partial charge in [-0.1, -0.05) is 49.7 Å². The van der Waals surface area contributed by atoms with Crippen LogP contribution in [0, 0.1) is 19.3 Å². The molecule has 0 radical (unpaired) electrons. The van der Waals surface area contributed by atoms with E-state index in [1.807, 2.05) is 45.9 Å². The first-order chi connectivity index (χ1) is 11.9. The van der Waals surface area contributed by atoms with Gasteiger partial charge >= 0.3 is 0 Å². The van der Waals surface area contributed by atoms with Crippen molar-refractivity contribution in [2.75, 3.05) is 12.4 Å². The minimum absolute atomic E-state index is 0.0496. The Labute approximate surface area is 155 Å². The summed E-state index contributed by atoms with van der Waals surface area (Å²) in [5.41, 5.74) is 4.46. The fourth-order valence-electron chi connectivity index (χ4n) is 2.34. The molecule has 4 nitrogen and oxygen atoms in total. The molecule has 0 aliphatic rings. The largest absolute Gasteiger partial charge is 0.387 e. The van der Waals surface area contributed by atoms with Gasteiger partial charge in [-0.25, -0.2) is 0 Å². The van der Waals surface area contributed by atoms with Gasteiger partial charge in [0.1, 0.15) is 5.71 Å². The molecular weight excluding hydrogens is 334 g/mol. The summed E-state index contributed by atoms with van der Waals surface area (Å²) in [5.74, 6) is -0.403. The molecule has 0 aliphatic heterocycles. The van der Waals surface area contributed by atoms with Crippen molar-refractivity contribution in [3.63, 3.8) is 0 Å². The Morgan fingerprint density at radius 1 is 1.08 bits per heavy atom. The van der Waals surface area contributed by atoms with Crippen molar-refractivity contribution in [1.29, 1.82) is 5.41 Å². The van der Waals surface area contributed by atoms with E-state index in [1.54, 1.807) is 25.2 Å². The number of amides is 1. The zero-order valence-electron chi connectivity index (χ0n) is 15.5. The Morgan fingerprint density at radius 3 is 2.24 bits per heavy atom. The average Bonchev–Trinajstić information content (AvgIpc) is 2.64. The summed E-state index contributed by atoms with van der Waals surface area (Å²) >= 11 is 5.84. The van der Waals surface area contributed by atoms with Gasteiger partial charge in [-0.2, -0.15) is 0 Å². The number of aryl methyl sites for hydroxylation is 1. The van der Waals surface area contributed by atoms with Crippen LogP contribution < -0.4 is 10.6 Å². The van der Waals surface area contributed by atoms with E-state index in [1.165, 1.54) is 0 Å². The first-order valence-corrected chi connectivity index (χ1v) is 8.71. The number of hydrogen-bond acceptors (Lipinski definition) is 3. The van der Waals surface area contributed by atoms with Crippen molar-refractivity contribution in [3.8, 4) is 0 Å². The van der Waals surface area contributed by atoms with Crippen LogP contribution >= 0.6 is 11.6 Å². The lowest BCUT2D eigenvalue weighted by atomic mass is 9.99. The normalized spacial score (nSPS) is 9.68. The zero-order valence-corrected chi connectivity index (χ0v) is 16.2. The highest BCUT2D eigenvalue weighted by atomic mass is 35.5. The van der Waals surface area contributed by atoms with Gasteiger partial charge in [0.15, 0.2) is 0 Å². The van der Waals surface area contributed by atoms with Crippen LogP contribution in [0.1, 0.15) is 36.1 Å². The lowest BCUT2D eigenvalue weighted by molar-refractivity contribution is -0.114. The minimum atomic E-state index is -0.403. The topological polar surface area (TPSA) is 65.0 Å². The van der Waals surface area contributed by atoms with E-state index in [-0.39, 0.29) is 5.71 Å². The molecule has 0 saturated heterocycles. The molecule has 0 fully saturated rings. The zero-order chi connectivity index (χ0) is 19.0.